The predicted octanol–water partition coefficient (Wildman–Crippen LogP) is 3.67. The zero-order valence-corrected chi connectivity index (χ0v) is 13.7. The molecule has 0 radical (unpaired) electrons. The number of rotatable bonds is 5. The molecule has 1 aromatic heterocycles. The van der Waals surface area contributed by atoms with Gasteiger partial charge in [0.15, 0.2) is 0 Å². The molecule has 0 saturated carbocycles. The van der Waals surface area contributed by atoms with Crippen molar-refractivity contribution in [2.75, 3.05) is 19.6 Å². The van der Waals surface area contributed by atoms with Gasteiger partial charge in [0.05, 0.1) is 0 Å². The number of furan rings is 1. The second kappa shape index (κ2) is 6.77. The van der Waals surface area contributed by atoms with Gasteiger partial charge < -0.3 is 14.6 Å². The predicted molar refractivity (Wildman–Crippen MR) is 84.0 cm³/mol. The van der Waals surface area contributed by atoms with Gasteiger partial charge in [-0.2, -0.15) is 0 Å². The van der Waals surface area contributed by atoms with Crippen LogP contribution in [0.4, 0.5) is 0 Å². The molecule has 1 N–H and O–H groups in total. The van der Waals surface area contributed by atoms with E-state index in [9.17, 15) is 0 Å². The number of likely N-dealkylation sites (tertiary alicyclic amines) is 1. The summed E-state index contributed by atoms with van der Waals surface area (Å²) in [6.07, 6.45) is 2.51. The number of hydrogen-bond acceptors (Lipinski definition) is 3. The van der Waals surface area contributed by atoms with Crippen molar-refractivity contribution in [2.45, 2.75) is 59.5 Å². The first-order chi connectivity index (χ1) is 9.45. The lowest BCUT2D eigenvalue weighted by Crippen LogP contribution is -2.44. The minimum Gasteiger partial charge on any atom is -0.466 e. The van der Waals surface area contributed by atoms with Gasteiger partial charge in [0.2, 0.25) is 0 Å². The van der Waals surface area contributed by atoms with Crippen molar-refractivity contribution in [3.63, 3.8) is 0 Å². The smallest absolute Gasteiger partial charge is 0.105 e. The molecule has 1 aliphatic rings. The van der Waals surface area contributed by atoms with Gasteiger partial charge in [0.1, 0.15) is 11.5 Å². The lowest BCUT2D eigenvalue weighted by Gasteiger charge is -2.34. The normalized spacial score (nSPS) is 19.7. The van der Waals surface area contributed by atoms with Crippen LogP contribution in [0, 0.1) is 19.8 Å². The van der Waals surface area contributed by atoms with Crippen LogP contribution in [0.3, 0.4) is 0 Å². The van der Waals surface area contributed by atoms with Gasteiger partial charge in [0.25, 0.3) is 0 Å². The summed E-state index contributed by atoms with van der Waals surface area (Å²) in [5.41, 5.74) is 1.31. The number of nitrogens with one attached hydrogen (secondary N) is 1. The molecule has 2 heterocycles. The van der Waals surface area contributed by atoms with Gasteiger partial charge in [-0.3, -0.25) is 0 Å². The van der Waals surface area contributed by atoms with E-state index in [1.165, 1.54) is 38.0 Å². The molecular formula is C17H30N2O. The average molecular weight is 278 g/mol. The molecule has 0 aliphatic carbocycles. The van der Waals surface area contributed by atoms with Crippen molar-refractivity contribution in [2.24, 2.45) is 5.92 Å². The maximum absolute atomic E-state index is 5.64. The van der Waals surface area contributed by atoms with Gasteiger partial charge >= 0.3 is 0 Å². The van der Waals surface area contributed by atoms with E-state index < -0.39 is 0 Å². The molecular weight excluding hydrogens is 248 g/mol. The van der Waals surface area contributed by atoms with Crippen LogP contribution in [0.1, 0.15) is 56.7 Å². The van der Waals surface area contributed by atoms with Crippen LogP contribution >= 0.6 is 0 Å². The zero-order valence-electron chi connectivity index (χ0n) is 13.7. The maximum Gasteiger partial charge on any atom is 0.105 e. The molecule has 2 rings (SSSR count). The van der Waals surface area contributed by atoms with Crippen molar-refractivity contribution >= 4 is 0 Å². The molecule has 3 heteroatoms. The molecule has 1 aromatic rings. The fourth-order valence-corrected chi connectivity index (χ4v) is 3.32. The highest BCUT2D eigenvalue weighted by molar-refractivity contribution is 5.23. The minimum absolute atomic E-state index is 0.383. The third kappa shape index (κ3) is 4.10. The Kier molecular flexibility index (Phi) is 5.28. The Balaban J connectivity index is 1.82. The molecule has 0 aromatic carbocycles. The molecule has 1 unspecified atom stereocenters. The molecule has 0 amide bonds. The molecule has 1 atom stereocenters. The van der Waals surface area contributed by atoms with Crippen molar-refractivity contribution in [1.82, 2.24) is 10.2 Å². The van der Waals surface area contributed by atoms with Crippen LogP contribution in [0.5, 0.6) is 0 Å². The number of aryl methyl sites for hydroxylation is 2. The molecule has 114 valence electrons. The summed E-state index contributed by atoms with van der Waals surface area (Å²) in [5.74, 6) is 2.84. The van der Waals surface area contributed by atoms with Crippen LogP contribution in [-0.2, 0) is 0 Å². The minimum atomic E-state index is 0.383. The summed E-state index contributed by atoms with van der Waals surface area (Å²) in [6.45, 7) is 14.6. The van der Waals surface area contributed by atoms with E-state index in [1.807, 2.05) is 6.92 Å². The van der Waals surface area contributed by atoms with Crippen LogP contribution in [0.15, 0.2) is 10.5 Å². The Bertz CT molecular complexity index is 417. The van der Waals surface area contributed by atoms with Crippen LogP contribution in [0.2, 0.25) is 0 Å². The van der Waals surface area contributed by atoms with Gasteiger partial charge in [-0.15, -0.1) is 0 Å². The fourth-order valence-electron chi connectivity index (χ4n) is 3.32. The van der Waals surface area contributed by atoms with E-state index in [-0.39, 0.29) is 0 Å². The monoisotopic (exact) mass is 278 g/mol. The SMILES string of the molecule is Cc1cc(C(C)NC2CCN(CC(C)C)CC2)c(C)o1. The average Bonchev–Trinajstić information content (AvgIpc) is 2.70. The van der Waals surface area contributed by atoms with Crippen molar-refractivity contribution < 1.29 is 4.42 Å². The third-order valence-corrected chi connectivity index (χ3v) is 4.24. The first-order valence-electron chi connectivity index (χ1n) is 8.01. The summed E-state index contributed by atoms with van der Waals surface area (Å²) in [6, 6.07) is 3.19. The molecule has 1 aliphatic heterocycles. The van der Waals surface area contributed by atoms with E-state index in [0.717, 1.165) is 17.4 Å². The summed E-state index contributed by atoms with van der Waals surface area (Å²) >= 11 is 0. The van der Waals surface area contributed by atoms with Crippen molar-refractivity contribution in [3.05, 3.63) is 23.2 Å². The first-order valence-corrected chi connectivity index (χ1v) is 8.01. The largest absolute Gasteiger partial charge is 0.466 e. The Labute approximate surface area is 123 Å². The van der Waals surface area contributed by atoms with Gasteiger partial charge in [-0.05, 0) is 58.7 Å². The lowest BCUT2D eigenvalue weighted by molar-refractivity contribution is 0.175. The second-order valence-electron chi connectivity index (χ2n) is 6.73. The topological polar surface area (TPSA) is 28.4 Å². The zero-order chi connectivity index (χ0) is 14.7. The second-order valence-corrected chi connectivity index (χ2v) is 6.73. The highest BCUT2D eigenvalue weighted by atomic mass is 16.3. The fraction of sp³-hybridized carbons (Fsp3) is 0.765. The van der Waals surface area contributed by atoms with Gasteiger partial charge in [-0.1, -0.05) is 13.8 Å². The molecule has 20 heavy (non-hydrogen) atoms. The first kappa shape index (κ1) is 15.6. The van der Waals surface area contributed by atoms with Gasteiger partial charge in [-0.25, -0.2) is 0 Å². The summed E-state index contributed by atoms with van der Waals surface area (Å²) in [7, 11) is 0. The van der Waals surface area contributed by atoms with E-state index in [2.05, 4.69) is 44.0 Å². The number of hydrogen-bond donors (Lipinski definition) is 1. The van der Waals surface area contributed by atoms with Crippen LogP contribution in [-0.4, -0.2) is 30.6 Å². The Hall–Kier alpha value is -0.800. The number of nitrogens with zero attached hydrogens (tertiary/aromatic N) is 1. The van der Waals surface area contributed by atoms with Crippen molar-refractivity contribution in [1.29, 1.82) is 0 Å². The number of piperidine rings is 1. The summed E-state index contributed by atoms with van der Waals surface area (Å²) in [5, 5.41) is 3.78. The molecule has 1 fully saturated rings. The molecule has 0 spiro atoms. The molecule has 3 nitrogen and oxygen atoms in total. The van der Waals surface area contributed by atoms with E-state index in [0.29, 0.717) is 12.1 Å². The highest BCUT2D eigenvalue weighted by Gasteiger charge is 2.22. The Morgan fingerprint density at radius 1 is 1.25 bits per heavy atom. The van der Waals surface area contributed by atoms with Crippen molar-refractivity contribution in [3.8, 4) is 0 Å². The summed E-state index contributed by atoms with van der Waals surface area (Å²) < 4.78 is 5.64. The lowest BCUT2D eigenvalue weighted by atomic mass is 10.0. The molecule has 0 bridgehead atoms. The standard InChI is InChI=1S/C17H30N2O/c1-12(2)11-19-8-6-16(7-9-19)18-14(4)17-10-13(3)20-15(17)5/h10,12,14,16,18H,6-9,11H2,1-5H3. The Morgan fingerprint density at radius 2 is 1.90 bits per heavy atom. The van der Waals surface area contributed by atoms with E-state index in [1.54, 1.807) is 0 Å². The van der Waals surface area contributed by atoms with E-state index in [4.69, 9.17) is 4.42 Å². The molecule has 1 saturated heterocycles. The van der Waals surface area contributed by atoms with Crippen LogP contribution < -0.4 is 5.32 Å². The third-order valence-electron chi connectivity index (χ3n) is 4.24. The van der Waals surface area contributed by atoms with Gasteiger partial charge in [0, 0.05) is 24.2 Å². The maximum atomic E-state index is 5.64. The quantitative estimate of drug-likeness (QED) is 0.891. The van der Waals surface area contributed by atoms with E-state index >= 15 is 0 Å². The highest BCUT2D eigenvalue weighted by Crippen LogP contribution is 2.23. The van der Waals surface area contributed by atoms with Crippen LogP contribution in [0.25, 0.3) is 0 Å². The Morgan fingerprint density at radius 3 is 2.40 bits per heavy atom. The summed E-state index contributed by atoms with van der Waals surface area (Å²) in [4.78, 5) is 2.60.